The molecule has 4 aromatic heterocycles. The van der Waals surface area contributed by atoms with Gasteiger partial charge in [0.2, 0.25) is 5.95 Å². The summed E-state index contributed by atoms with van der Waals surface area (Å²) in [6.45, 7) is -10.1. The van der Waals surface area contributed by atoms with E-state index in [0.29, 0.717) is 0 Å². The van der Waals surface area contributed by atoms with E-state index in [2.05, 4.69) is 59.7 Å². The van der Waals surface area contributed by atoms with Gasteiger partial charge in [-0.1, -0.05) is 29.7 Å². The average molecular weight is 714 g/mol. The highest BCUT2D eigenvalue weighted by molar-refractivity contribution is 8.44. The molecule has 0 aromatic carbocycles. The normalized spacial score (nSPS) is 29.8. The Labute approximate surface area is 259 Å². The van der Waals surface area contributed by atoms with Gasteiger partial charge in [0.05, 0.1) is 25.6 Å². The van der Waals surface area contributed by atoms with Crippen LogP contribution in [0.4, 0.5) is 20.5 Å². The van der Waals surface area contributed by atoms with Crippen molar-refractivity contribution in [3.8, 4) is 0 Å². The van der Waals surface area contributed by atoms with Crippen LogP contribution < -0.4 is 17.0 Å². The summed E-state index contributed by atoms with van der Waals surface area (Å²) in [6, 6.07) is 0. The van der Waals surface area contributed by atoms with E-state index in [1.807, 2.05) is 0 Å². The maximum absolute atomic E-state index is 15.7. The number of halogens is 2. The number of hydrogen-bond donors (Lipinski definition) is 6. The summed E-state index contributed by atoms with van der Waals surface area (Å²) < 4.78 is 84.6. The zero-order valence-electron chi connectivity index (χ0n) is 22.3. The lowest BCUT2D eigenvalue weighted by molar-refractivity contribution is -0.0493. The summed E-state index contributed by atoms with van der Waals surface area (Å²) in [5.74, 6) is -0.260. The van der Waals surface area contributed by atoms with Gasteiger partial charge in [-0.2, -0.15) is 9.67 Å². The first-order valence-corrected chi connectivity index (χ1v) is 18.1. The Hall–Kier alpha value is -2.79. The van der Waals surface area contributed by atoms with E-state index in [4.69, 9.17) is 34.5 Å². The number of imidazole rings is 1. The minimum absolute atomic E-state index is 0.0348. The molecule has 45 heavy (non-hydrogen) atoms. The molecular formula is C19H23F2N11O9P2S2. The van der Waals surface area contributed by atoms with Crippen molar-refractivity contribution in [2.45, 2.75) is 49.5 Å². The summed E-state index contributed by atoms with van der Waals surface area (Å²) in [4.78, 5) is 39.6. The van der Waals surface area contributed by atoms with Crippen molar-refractivity contribution in [3.63, 3.8) is 0 Å². The first-order valence-electron chi connectivity index (χ1n) is 12.7. The van der Waals surface area contributed by atoms with Crippen LogP contribution in [-0.2, 0) is 32.2 Å². The van der Waals surface area contributed by atoms with Gasteiger partial charge < -0.3 is 25.8 Å². The molecule has 4 aromatic rings. The smallest absolute Gasteiger partial charge is 0.382 e. The van der Waals surface area contributed by atoms with Gasteiger partial charge in [0.25, 0.3) is 5.56 Å². The van der Waals surface area contributed by atoms with Gasteiger partial charge in [-0.15, -0.1) is 5.10 Å². The number of hydrogen-bond acceptors (Lipinski definition) is 16. The summed E-state index contributed by atoms with van der Waals surface area (Å²) >= 11 is 7.34. The quantitative estimate of drug-likeness (QED) is 0.0982. The number of nitrogen functional groups attached to an aromatic ring is 2. The maximum Gasteiger partial charge on any atom is 0.386 e. The van der Waals surface area contributed by atoms with Gasteiger partial charge in [0.1, 0.15) is 24.7 Å². The molecule has 2 fully saturated rings. The lowest BCUT2D eigenvalue weighted by Crippen LogP contribution is -2.32. The minimum Gasteiger partial charge on any atom is -0.382 e. The third kappa shape index (κ3) is 6.57. The van der Waals surface area contributed by atoms with Crippen molar-refractivity contribution in [1.29, 1.82) is 0 Å². The lowest BCUT2D eigenvalue weighted by atomic mass is 10.1. The molecule has 6 N–H and O–H groups in total. The molecule has 20 nitrogen and oxygen atoms in total. The minimum atomic E-state index is -4.48. The second-order valence-corrected chi connectivity index (χ2v) is 15.4. The zero-order chi connectivity index (χ0) is 32.3. The SMILES string of the molecule is Nc1nc2c(ncn2[C@@H]2O[C@H](COP(=O)(O)S)[C@H](F)[C@H]2OP(=O)(S)OC[C@@H]2C[C@H](F)[C@H](n3nnc4c(N)ncnc43)O2)c(=O)[nH]1. The number of rotatable bonds is 10. The van der Waals surface area contributed by atoms with Crippen LogP contribution in [0.1, 0.15) is 18.9 Å². The third-order valence-electron chi connectivity index (χ3n) is 6.73. The van der Waals surface area contributed by atoms with Crippen LogP contribution in [0.25, 0.3) is 22.3 Å². The highest BCUT2D eigenvalue weighted by Crippen LogP contribution is 2.57. The van der Waals surface area contributed by atoms with Crippen molar-refractivity contribution in [2.24, 2.45) is 0 Å². The number of nitrogens with one attached hydrogen (secondary N) is 1. The van der Waals surface area contributed by atoms with Crippen LogP contribution in [0.15, 0.2) is 17.4 Å². The van der Waals surface area contributed by atoms with Crippen LogP contribution in [0.5, 0.6) is 0 Å². The molecule has 2 aliphatic rings. The number of alkyl halides is 2. The van der Waals surface area contributed by atoms with E-state index in [1.165, 1.54) is 0 Å². The Morgan fingerprint density at radius 1 is 1.09 bits per heavy atom. The van der Waals surface area contributed by atoms with Crippen molar-refractivity contribution in [2.75, 3.05) is 24.7 Å². The molecule has 6 rings (SSSR count). The number of ether oxygens (including phenoxy) is 2. The number of nitrogens with zero attached hydrogens (tertiary/aromatic N) is 8. The zero-order valence-corrected chi connectivity index (χ0v) is 25.9. The first kappa shape index (κ1) is 32.2. The topological polar surface area (TPSA) is 273 Å². The van der Waals surface area contributed by atoms with Crippen LogP contribution in [0.3, 0.4) is 0 Å². The standard InChI is InChI=1S/C19H23F2N11O9P2S2/c20-7-1-6(39-17(7)32-14-10(29-30-32)13(22)24-4-25-14)2-38-43(36,45)41-12-9(21)8(3-37-42(34,35)44)40-18(12)31-5-26-11-15(31)27-19(23)28-16(11)33/h4-9,12,17-18H,1-3H2,(H,36,45)(H2,22,24,25)(H2,34,35,44)(H3,23,27,28,33)/t6-,7-,8+,9-,12+,17+,18+,43?/m0/s1. The number of nitrogens with two attached hydrogens (primary N) is 2. The Morgan fingerprint density at radius 3 is 2.62 bits per heavy atom. The van der Waals surface area contributed by atoms with Gasteiger partial charge in [0.15, 0.2) is 46.8 Å². The molecule has 0 amide bonds. The van der Waals surface area contributed by atoms with Gasteiger partial charge in [0, 0.05) is 6.42 Å². The molecule has 0 saturated carbocycles. The van der Waals surface area contributed by atoms with Crippen molar-refractivity contribution >= 4 is 72.2 Å². The fourth-order valence-electron chi connectivity index (χ4n) is 4.80. The predicted molar refractivity (Wildman–Crippen MR) is 155 cm³/mol. The molecule has 2 aliphatic heterocycles. The number of aromatic amines is 1. The Balaban J connectivity index is 1.19. The van der Waals surface area contributed by atoms with Crippen molar-refractivity contribution in [3.05, 3.63) is 23.0 Å². The lowest BCUT2D eigenvalue weighted by Gasteiger charge is -2.24. The molecule has 2 saturated heterocycles. The highest BCUT2D eigenvalue weighted by atomic mass is 32.7. The number of thiol groups is 2. The highest BCUT2D eigenvalue weighted by Gasteiger charge is 2.51. The van der Waals surface area contributed by atoms with Gasteiger partial charge in [-0.3, -0.25) is 27.9 Å². The summed E-state index contributed by atoms with van der Waals surface area (Å²) in [5, 5.41) is 7.69. The average Bonchev–Trinajstić information content (AvgIpc) is 3.72. The molecule has 6 heterocycles. The van der Waals surface area contributed by atoms with E-state index >= 15 is 4.39 Å². The molecule has 9 atom stereocenters. The first-order chi connectivity index (χ1) is 21.2. The Morgan fingerprint density at radius 2 is 1.87 bits per heavy atom. The van der Waals surface area contributed by atoms with Gasteiger partial charge in [-0.05, 0) is 0 Å². The summed E-state index contributed by atoms with van der Waals surface area (Å²) in [7, 11) is 0. The molecule has 0 radical (unpaired) electrons. The molecular weight excluding hydrogens is 690 g/mol. The number of anilines is 2. The van der Waals surface area contributed by atoms with E-state index in [0.717, 1.165) is 21.9 Å². The predicted octanol–water partition coefficient (Wildman–Crippen LogP) is 0.866. The molecule has 26 heteroatoms. The van der Waals surface area contributed by atoms with Crippen LogP contribution in [0, 0.1) is 0 Å². The Bertz CT molecular complexity index is 1900. The van der Waals surface area contributed by atoms with E-state index in [9.17, 15) is 23.2 Å². The fourth-order valence-corrected chi connectivity index (χ4v) is 6.81. The van der Waals surface area contributed by atoms with Crippen LogP contribution in [-0.4, -0.2) is 93.2 Å². The largest absolute Gasteiger partial charge is 0.386 e. The molecule has 2 unspecified atom stereocenters. The molecule has 244 valence electrons. The van der Waals surface area contributed by atoms with E-state index in [-0.39, 0.29) is 40.5 Å². The van der Waals surface area contributed by atoms with Crippen LogP contribution in [0.2, 0.25) is 0 Å². The van der Waals surface area contributed by atoms with Crippen molar-refractivity contribution < 1.29 is 45.8 Å². The third-order valence-corrected chi connectivity index (χ3v) is 9.18. The number of fused-ring (bicyclic) bond motifs is 2. The second kappa shape index (κ2) is 12.1. The number of aromatic nitrogens is 9. The molecule has 0 spiro atoms. The second-order valence-electron chi connectivity index (χ2n) is 9.77. The monoisotopic (exact) mass is 713 g/mol. The van der Waals surface area contributed by atoms with Gasteiger partial charge in [-0.25, -0.2) is 32.9 Å². The molecule has 0 bridgehead atoms. The van der Waals surface area contributed by atoms with Crippen LogP contribution >= 0.6 is 38.1 Å². The van der Waals surface area contributed by atoms with E-state index in [1.54, 1.807) is 0 Å². The maximum atomic E-state index is 15.7. The number of H-pyrrole nitrogens is 1. The molecule has 0 aliphatic carbocycles. The van der Waals surface area contributed by atoms with Gasteiger partial charge >= 0.3 is 13.6 Å². The van der Waals surface area contributed by atoms with E-state index < -0.39 is 75.5 Å². The van der Waals surface area contributed by atoms with Crippen molar-refractivity contribution in [1.82, 2.24) is 44.5 Å². The Kier molecular flexibility index (Phi) is 8.65. The summed E-state index contributed by atoms with van der Waals surface area (Å²) in [6.07, 6.45) is -8.96. The fraction of sp³-hybridized carbons (Fsp3) is 0.526. The summed E-state index contributed by atoms with van der Waals surface area (Å²) in [5.41, 5.74) is 10.6.